The van der Waals surface area contributed by atoms with Crippen LogP contribution in [0.15, 0.2) is 0 Å². The van der Waals surface area contributed by atoms with E-state index in [-0.39, 0.29) is 0 Å². The number of carbonyl (C=O) groups excluding carboxylic acids is 1. The van der Waals surface area contributed by atoms with E-state index in [1.54, 1.807) is 6.92 Å². The molecule has 0 saturated carbocycles. The normalized spacial score (nSPS) is 11.8. The molecule has 0 bridgehead atoms. The van der Waals surface area contributed by atoms with Gasteiger partial charge in [0.05, 0.1) is 6.04 Å². The van der Waals surface area contributed by atoms with Gasteiger partial charge in [0.1, 0.15) is 5.56 Å². The summed E-state index contributed by atoms with van der Waals surface area (Å²) in [6, 6.07) is -0.859. The maximum atomic E-state index is 13.4. The molecular formula is C13H10F5NO. The molecule has 0 aliphatic carbocycles. The Morgan fingerprint density at radius 2 is 1.55 bits per heavy atom. The van der Waals surface area contributed by atoms with Gasteiger partial charge in [-0.2, -0.15) is 0 Å². The third kappa shape index (κ3) is 2.90. The number of hydrogen-bond donors (Lipinski definition) is 1. The third-order valence-electron chi connectivity index (χ3n) is 2.52. The number of carbonyl (C=O) groups is 1. The van der Waals surface area contributed by atoms with E-state index in [2.05, 4.69) is 5.92 Å². The van der Waals surface area contributed by atoms with E-state index in [1.165, 1.54) is 0 Å². The van der Waals surface area contributed by atoms with Crippen molar-refractivity contribution in [3.8, 4) is 12.3 Å². The second-order valence-corrected chi connectivity index (χ2v) is 3.93. The lowest BCUT2D eigenvalue weighted by Crippen LogP contribution is -2.35. The average Bonchev–Trinajstić information content (AvgIpc) is 2.42. The zero-order valence-corrected chi connectivity index (χ0v) is 10.4. The molecule has 1 atom stereocenters. The molecule has 0 aliphatic heterocycles. The van der Waals surface area contributed by atoms with E-state index in [1.807, 2.05) is 5.32 Å². The predicted molar refractivity (Wildman–Crippen MR) is 61.2 cm³/mol. The summed E-state index contributed by atoms with van der Waals surface area (Å²) in [5, 5.41) is 2.03. The minimum atomic E-state index is -2.32. The minimum Gasteiger partial charge on any atom is -0.338 e. The largest absolute Gasteiger partial charge is 0.338 e. The highest BCUT2D eigenvalue weighted by Gasteiger charge is 2.30. The lowest BCUT2D eigenvalue weighted by Gasteiger charge is -2.13. The standard InChI is InChI=1S/C13H10F5NO/c1-3-5-6(4-2)19-13(20)7-8(14)10(16)12(18)11(17)9(7)15/h2,6H,3,5H2,1H3,(H,19,20). The van der Waals surface area contributed by atoms with Gasteiger partial charge < -0.3 is 5.32 Å². The molecule has 1 aromatic rings. The van der Waals surface area contributed by atoms with Crippen molar-refractivity contribution in [1.29, 1.82) is 0 Å². The first-order chi connectivity index (χ1) is 9.34. The Kier molecular flexibility index (Phi) is 5.08. The van der Waals surface area contributed by atoms with Crippen LogP contribution >= 0.6 is 0 Å². The summed E-state index contributed by atoms with van der Waals surface area (Å²) in [4.78, 5) is 11.6. The summed E-state index contributed by atoms with van der Waals surface area (Å²) >= 11 is 0. The monoisotopic (exact) mass is 291 g/mol. The van der Waals surface area contributed by atoms with Gasteiger partial charge >= 0.3 is 0 Å². The number of hydrogen-bond acceptors (Lipinski definition) is 1. The van der Waals surface area contributed by atoms with Crippen LogP contribution in [0.5, 0.6) is 0 Å². The number of nitrogens with one attached hydrogen (secondary N) is 1. The van der Waals surface area contributed by atoms with Crippen molar-refractivity contribution in [2.75, 3.05) is 0 Å². The first-order valence-electron chi connectivity index (χ1n) is 5.63. The fourth-order valence-electron chi connectivity index (χ4n) is 1.52. The molecule has 0 saturated heterocycles. The summed E-state index contributed by atoms with van der Waals surface area (Å²) in [5.41, 5.74) is -1.54. The van der Waals surface area contributed by atoms with Crippen molar-refractivity contribution in [3.63, 3.8) is 0 Å². The van der Waals surface area contributed by atoms with Crippen LogP contribution in [0.2, 0.25) is 0 Å². The highest BCUT2D eigenvalue weighted by Crippen LogP contribution is 2.23. The molecule has 0 spiro atoms. The van der Waals surface area contributed by atoms with Gasteiger partial charge in [0.25, 0.3) is 5.91 Å². The van der Waals surface area contributed by atoms with Gasteiger partial charge in [0.2, 0.25) is 5.82 Å². The molecule has 2 nitrogen and oxygen atoms in total. The Hall–Kier alpha value is -2.10. The van der Waals surface area contributed by atoms with Crippen molar-refractivity contribution >= 4 is 5.91 Å². The Balaban J connectivity index is 3.21. The molecule has 0 aromatic heterocycles. The number of rotatable bonds is 4. The van der Waals surface area contributed by atoms with E-state index in [0.717, 1.165) is 0 Å². The molecule has 1 aromatic carbocycles. The van der Waals surface area contributed by atoms with Crippen LogP contribution in [-0.2, 0) is 0 Å². The molecule has 108 valence electrons. The lowest BCUT2D eigenvalue weighted by molar-refractivity contribution is 0.0932. The maximum Gasteiger partial charge on any atom is 0.258 e. The van der Waals surface area contributed by atoms with Gasteiger partial charge in [-0.05, 0) is 6.42 Å². The minimum absolute atomic E-state index is 0.303. The molecule has 0 aliphatic rings. The Morgan fingerprint density at radius 3 is 1.95 bits per heavy atom. The van der Waals surface area contributed by atoms with Gasteiger partial charge in [0.15, 0.2) is 23.3 Å². The highest BCUT2D eigenvalue weighted by molar-refractivity contribution is 5.95. The second-order valence-electron chi connectivity index (χ2n) is 3.93. The molecule has 7 heteroatoms. The SMILES string of the molecule is C#CC(CCC)NC(=O)c1c(F)c(F)c(F)c(F)c1F. The molecule has 1 rings (SSSR count). The third-order valence-corrected chi connectivity index (χ3v) is 2.52. The molecule has 1 N–H and O–H groups in total. The summed E-state index contributed by atoms with van der Waals surface area (Å²) in [7, 11) is 0. The molecule has 0 radical (unpaired) electrons. The van der Waals surface area contributed by atoms with Crippen molar-refractivity contribution in [2.24, 2.45) is 0 Å². The molecule has 20 heavy (non-hydrogen) atoms. The Bertz CT molecular complexity index is 550. The maximum absolute atomic E-state index is 13.4. The van der Waals surface area contributed by atoms with Crippen molar-refractivity contribution < 1.29 is 26.7 Å². The molecule has 1 amide bonds. The van der Waals surface area contributed by atoms with E-state index in [4.69, 9.17) is 6.42 Å². The van der Waals surface area contributed by atoms with Crippen LogP contribution in [0.4, 0.5) is 22.0 Å². The van der Waals surface area contributed by atoms with Gasteiger partial charge in [-0.1, -0.05) is 19.3 Å². The highest BCUT2D eigenvalue weighted by atomic mass is 19.2. The average molecular weight is 291 g/mol. The first kappa shape index (κ1) is 16.0. The van der Waals surface area contributed by atoms with Crippen LogP contribution < -0.4 is 5.32 Å². The molecule has 1 unspecified atom stereocenters. The van der Waals surface area contributed by atoms with Crippen molar-refractivity contribution in [1.82, 2.24) is 5.32 Å². The lowest BCUT2D eigenvalue weighted by atomic mass is 10.1. The van der Waals surface area contributed by atoms with Gasteiger partial charge in [-0.3, -0.25) is 4.79 Å². The Labute approximate surface area is 112 Å². The quantitative estimate of drug-likeness (QED) is 0.393. The van der Waals surface area contributed by atoms with Gasteiger partial charge in [-0.15, -0.1) is 6.42 Å². The van der Waals surface area contributed by atoms with Crippen LogP contribution in [0.25, 0.3) is 0 Å². The summed E-state index contributed by atoms with van der Waals surface area (Å²) in [5.74, 6) is -10.4. The van der Waals surface area contributed by atoms with E-state index < -0.39 is 46.6 Å². The van der Waals surface area contributed by atoms with Crippen molar-refractivity contribution in [3.05, 3.63) is 34.6 Å². The second kappa shape index (κ2) is 6.37. The number of amides is 1. The summed E-state index contributed by atoms with van der Waals surface area (Å²) in [6.07, 6.45) is 5.95. The van der Waals surface area contributed by atoms with E-state index >= 15 is 0 Å². The number of benzene rings is 1. The Morgan fingerprint density at radius 1 is 1.10 bits per heavy atom. The fourth-order valence-corrected chi connectivity index (χ4v) is 1.52. The summed E-state index contributed by atoms with van der Waals surface area (Å²) < 4.78 is 65.4. The number of terminal acetylenes is 1. The van der Waals surface area contributed by atoms with Crippen LogP contribution in [0.1, 0.15) is 30.1 Å². The van der Waals surface area contributed by atoms with Gasteiger partial charge in [-0.25, -0.2) is 22.0 Å². The zero-order chi connectivity index (χ0) is 15.4. The smallest absolute Gasteiger partial charge is 0.258 e. The van der Waals surface area contributed by atoms with Crippen LogP contribution in [-0.4, -0.2) is 11.9 Å². The number of halogens is 5. The molecule has 0 fully saturated rings. The van der Waals surface area contributed by atoms with Crippen molar-refractivity contribution in [2.45, 2.75) is 25.8 Å². The topological polar surface area (TPSA) is 29.1 Å². The van der Waals surface area contributed by atoms with Gasteiger partial charge in [0, 0.05) is 0 Å². The first-order valence-corrected chi connectivity index (χ1v) is 5.63. The van der Waals surface area contributed by atoms with E-state index in [9.17, 15) is 26.7 Å². The van der Waals surface area contributed by atoms with Crippen LogP contribution in [0.3, 0.4) is 0 Å². The molecule has 0 heterocycles. The summed E-state index contributed by atoms with van der Waals surface area (Å²) in [6.45, 7) is 1.74. The zero-order valence-electron chi connectivity index (χ0n) is 10.4. The van der Waals surface area contributed by atoms with Crippen LogP contribution in [0, 0.1) is 41.4 Å². The van der Waals surface area contributed by atoms with E-state index in [0.29, 0.717) is 12.8 Å². The fraction of sp³-hybridized carbons (Fsp3) is 0.308. The predicted octanol–water partition coefficient (Wildman–Crippen LogP) is 2.91. The molecular weight excluding hydrogens is 281 g/mol.